The van der Waals surface area contributed by atoms with Crippen LogP contribution in [0.5, 0.6) is 0 Å². The highest BCUT2D eigenvalue weighted by molar-refractivity contribution is 5.33. The zero-order valence-corrected chi connectivity index (χ0v) is 9.28. The first-order chi connectivity index (χ1) is 8.55. The van der Waals surface area contributed by atoms with Crippen molar-refractivity contribution in [1.29, 1.82) is 0 Å². The van der Waals surface area contributed by atoms with Gasteiger partial charge in [0, 0.05) is 18.9 Å². The smallest absolute Gasteiger partial charge is 0.365 e. The Balaban J connectivity index is 1.99. The third kappa shape index (κ3) is 3.19. The Bertz CT molecular complexity index is 494. The van der Waals surface area contributed by atoms with Crippen LogP contribution in [0.4, 0.5) is 19.0 Å². The van der Waals surface area contributed by atoms with E-state index in [1.807, 2.05) is 0 Å². The van der Waals surface area contributed by atoms with Crippen LogP contribution >= 0.6 is 0 Å². The minimum atomic E-state index is -4.29. The van der Waals surface area contributed by atoms with Crippen LogP contribution in [0.1, 0.15) is 11.1 Å². The van der Waals surface area contributed by atoms with Crippen LogP contribution in [-0.4, -0.2) is 9.97 Å². The van der Waals surface area contributed by atoms with Crippen LogP contribution in [0.2, 0.25) is 0 Å². The maximum Gasteiger partial charge on any atom is 0.416 e. The molecule has 0 spiro atoms. The Kier molecular flexibility index (Phi) is 3.45. The minimum Gasteiger partial charge on any atom is -0.365 e. The molecule has 0 atom stereocenters. The third-order valence-corrected chi connectivity index (χ3v) is 2.32. The number of nitrogens with zero attached hydrogens (tertiary/aromatic N) is 2. The summed E-state index contributed by atoms with van der Waals surface area (Å²) in [7, 11) is 0. The fourth-order valence-electron chi connectivity index (χ4n) is 1.39. The van der Waals surface area contributed by atoms with Crippen molar-refractivity contribution in [2.75, 3.05) is 5.32 Å². The normalized spacial score (nSPS) is 11.3. The van der Waals surface area contributed by atoms with E-state index in [1.54, 1.807) is 12.4 Å². The van der Waals surface area contributed by atoms with E-state index in [4.69, 9.17) is 0 Å². The number of anilines is 1. The van der Waals surface area contributed by atoms with Crippen molar-refractivity contribution in [1.82, 2.24) is 9.97 Å². The Morgan fingerprint density at radius 1 is 1.06 bits per heavy atom. The van der Waals surface area contributed by atoms with E-state index < -0.39 is 11.7 Å². The van der Waals surface area contributed by atoms with Crippen LogP contribution in [-0.2, 0) is 12.7 Å². The van der Waals surface area contributed by atoms with Gasteiger partial charge in [0.15, 0.2) is 0 Å². The zero-order chi connectivity index (χ0) is 13.0. The van der Waals surface area contributed by atoms with Gasteiger partial charge in [0.25, 0.3) is 0 Å². The summed E-state index contributed by atoms with van der Waals surface area (Å²) < 4.78 is 37.0. The fourth-order valence-corrected chi connectivity index (χ4v) is 1.39. The number of hydrogen-bond acceptors (Lipinski definition) is 3. The molecule has 0 bridgehead atoms. The second-order valence-corrected chi connectivity index (χ2v) is 3.64. The molecular formula is C12H10F3N3. The summed E-state index contributed by atoms with van der Waals surface area (Å²) in [5.41, 5.74) is 0.0967. The predicted octanol–water partition coefficient (Wildman–Crippen LogP) is 3.11. The highest BCUT2D eigenvalue weighted by Crippen LogP contribution is 2.29. The molecule has 0 aliphatic carbocycles. The lowest BCUT2D eigenvalue weighted by molar-refractivity contribution is -0.137. The number of hydrogen-bond donors (Lipinski definition) is 1. The maximum absolute atomic E-state index is 12.3. The van der Waals surface area contributed by atoms with Crippen molar-refractivity contribution in [2.45, 2.75) is 12.7 Å². The van der Waals surface area contributed by atoms with Gasteiger partial charge >= 0.3 is 6.18 Å². The van der Waals surface area contributed by atoms with Gasteiger partial charge in [-0.2, -0.15) is 13.2 Å². The van der Waals surface area contributed by atoms with Crippen LogP contribution in [0, 0.1) is 0 Å². The topological polar surface area (TPSA) is 37.8 Å². The van der Waals surface area contributed by atoms with Gasteiger partial charge in [-0.15, -0.1) is 0 Å². The third-order valence-electron chi connectivity index (χ3n) is 2.32. The summed E-state index contributed by atoms with van der Waals surface area (Å²) in [5, 5.41) is 2.96. The van der Waals surface area contributed by atoms with Crippen LogP contribution in [0.3, 0.4) is 0 Å². The van der Waals surface area contributed by atoms with Gasteiger partial charge in [0.1, 0.15) is 5.82 Å². The molecule has 0 radical (unpaired) electrons. The average molecular weight is 253 g/mol. The molecule has 0 unspecified atom stereocenters. The lowest BCUT2D eigenvalue weighted by atomic mass is 10.1. The molecule has 1 aromatic carbocycles. The van der Waals surface area contributed by atoms with Gasteiger partial charge in [-0.1, -0.05) is 12.1 Å². The van der Waals surface area contributed by atoms with Gasteiger partial charge in [-0.25, -0.2) is 4.98 Å². The molecule has 18 heavy (non-hydrogen) atoms. The molecule has 0 amide bonds. The summed E-state index contributed by atoms with van der Waals surface area (Å²) >= 11 is 0. The highest BCUT2D eigenvalue weighted by atomic mass is 19.4. The lowest BCUT2D eigenvalue weighted by Crippen LogP contribution is -2.06. The lowest BCUT2D eigenvalue weighted by Gasteiger charge is -2.08. The summed E-state index contributed by atoms with van der Waals surface area (Å²) in [6, 6.07) is 5.00. The van der Waals surface area contributed by atoms with E-state index in [0.29, 0.717) is 12.4 Å². The van der Waals surface area contributed by atoms with Crippen molar-refractivity contribution in [3.05, 3.63) is 54.0 Å². The molecule has 0 fully saturated rings. The van der Waals surface area contributed by atoms with Crippen molar-refractivity contribution >= 4 is 5.82 Å². The van der Waals surface area contributed by atoms with E-state index in [0.717, 1.165) is 17.7 Å². The molecule has 94 valence electrons. The maximum atomic E-state index is 12.3. The predicted molar refractivity (Wildman–Crippen MR) is 60.8 cm³/mol. The molecule has 2 aromatic rings. The molecule has 0 saturated heterocycles. The first kappa shape index (κ1) is 12.3. The number of aromatic nitrogens is 2. The second kappa shape index (κ2) is 5.03. The standard InChI is InChI=1S/C12H10F3N3/c13-12(14,15)10-3-1-9(2-4-10)7-18-11-8-16-5-6-17-11/h1-6,8H,7H2,(H,17,18). The Morgan fingerprint density at radius 3 is 2.33 bits per heavy atom. The van der Waals surface area contributed by atoms with Crippen LogP contribution in [0.25, 0.3) is 0 Å². The first-order valence-corrected chi connectivity index (χ1v) is 5.22. The highest BCUT2D eigenvalue weighted by Gasteiger charge is 2.29. The van der Waals surface area contributed by atoms with E-state index in [2.05, 4.69) is 15.3 Å². The number of alkyl halides is 3. The van der Waals surface area contributed by atoms with Gasteiger partial charge in [0.2, 0.25) is 0 Å². The molecule has 1 aromatic heterocycles. The second-order valence-electron chi connectivity index (χ2n) is 3.64. The molecule has 2 rings (SSSR count). The quantitative estimate of drug-likeness (QED) is 0.913. The molecule has 6 heteroatoms. The van der Waals surface area contributed by atoms with Crippen molar-refractivity contribution in [3.8, 4) is 0 Å². The number of nitrogens with one attached hydrogen (secondary N) is 1. The molecular weight excluding hydrogens is 243 g/mol. The average Bonchev–Trinajstić information content (AvgIpc) is 2.37. The number of rotatable bonds is 3. The SMILES string of the molecule is FC(F)(F)c1ccc(CNc2cnccn2)cc1. The minimum absolute atomic E-state index is 0.400. The zero-order valence-electron chi connectivity index (χ0n) is 9.28. The summed E-state index contributed by atoms with van der Waals surface area (Å²) in [4.78, 5) is 7.87. The first-order valence-electron chi connectivity index (χ1n) is 5.22. The van der Waals surface area contributed by atoms with E-state index >= 15 is 0 Å². The molecule has 1 N–H and O–H groups in total. The summed E-state index contributed by atoms with van der Waals surface area (Å²) in [6.45, 7) is 0.400. The Labute approximate surface area is 102 Å². The summed E-state index contributed by atoms with van der Waals surface area (Å²) in [5.74, 6) is 0.581. The van der Waals surface area contributed by atoms with Gasteiger partial charge in [-0.05, 0) is 17.7 Å². The van der Waals surface area contributed by atoms with E-state index in [1.165, 1.54) is 18.3 Å². The molecule has 0 aliphatic rings. The van der Waals surface area contributed by atoms with Crippen molar-refractivity contribution in [2.24, 2.45) is 0 Å². The summed E-state index contributed by atoms with van der Waals surface area (Å²) in [6.07, 6.45) is 0.333. The van der Waals surface area contributed by atoms with E-state index in [-0.39, 0.29) is 0 Å². The number of benzene rings is 1. The van der Waals surface area contributed by atoms with Crippen molar-refractivity contribution in [3.63, 3.8) is 0 Å². The van der Waals surface area contributed by atoms with Crippen LogP contribution in [0.15, 0.2) is 42.9 Å². The molecule has 3 nitrogen and oxygen atoms in total. The van der Waals surface area contributed by atoms with Crippen molar-refractivity contribution < 1.29 is 13.2 Å². The Morgan fingerprint density at radius 2 is 1.78 bits per heavy atom. The Hall–Kier alpha value is -2.11. The van der Waals surface area contributed by atoms with Crippen LogP contribution < -0.4 is 5.32 Å². The van der Waals surface area contributed by atoms with Gasteiger partial charge < -0.3 is 5.32 Å². The largest absolute Gasteiger partial charge is 0.416 e. The van der Waals surface area contributed by atoms with Gasteiger partial charge in [-0.3, -0.25) is 4.98 Å². The molecule has 0 aliphatic heterocycles. The molecule has 0 saturated carbocycles. The number of halogens is 3. The fraction of sp³-hybridized carbons (Fsp3) is 0.167. The van der Waals surface area contributed by atoms with Gasteiger partial charge in [0.05, 0.1) is 11.8 Å². The molecule has 1 heterocycles. The monoisotopic (exact) mass is 253 g/mol. The van der Waals surface area contributed by atoms with E-state index in [9.17, 15) is 13.2 Å².